The number of phenolic OH excluding ortho intramolecular Hbond substituents is 2. The van der Waals surface area contributed by atoms with Crippen LogP contribution in [0.15, 0.2) is 48.5 Å². The van der Waals surface area contributed by atoms with Crippen molar-refractivity contribution in [2.75, 3.05) is 0 Å². The number of hydrogen-bond donors (Lipinski definition) is 2. The first-order chi connectivity index (χ1) is 9.65. The number of rotatable bonds is 4. The van der Waals surface area contributed by atoms with Crippen molar-refractivity contribution in [2.45, 2.75) is 26.7 Å². The van der Waals surface area contributed by atoms with Crippen LogP contribution in [0.2, 0.25) is 0 Å². The summed E-state index contributed by atoms with van der Waals surface area (Å²) in [5.74, 6) is 0.568. The van der Waals surface area contributed by atoms with Crippen molar-refractivity contribution in [2.24, 2.45) is 0 Å². The second kappa shape index (κ2) is 15.8. The van der Waals surface area contributed by atoms with Gasteiger partial charge in [-0.3, -0.25) is 0 Å². The van der Waals surface area contributed by atoms with Crippen LogP contribution in [0.25, 0.3) is 11.1 Å². The summed E-state index contributed by atoms with van der Waals surface area (Å²) in [6.07, 6.45) is 1.85. The van der Waals surface area contributed by atoms with Gasteiger partial charge in [-0.1, -0.05) is 38.1 Å². The molecule has 0 saturated heterocycles. The van der Waals surface area contributed by atoms with E-state index in [1.54, 1.807) is 24.3 Å². The Morgan fingerprint density at radius 1 is 0.583 bits per heavy atom. The van der Waals surface area contributed by atoms with Gasteiger partial charge in [0.15, 0.2) is 0 Å². The molecular formula is C18H20Na4O2. The van der Waals surface area contributed by atoms with E-state index >= 15 is 0 Å². The maximum atomic E-state index is 9.41. The standard InChI is InChI=1S/C18H20O2.4Na/c1-3-17(13-5-9-15(19)10-6-13)18(4-2)14-7-11-16(20)12-8-14;;;;/h5-12,19-20H,3-4H2,1-2H3;;;;/b18-17+;;;;. The van der Waals surface area contributed by atoms with Gasteiger partial charge in [0.25, 0.3) is 0 Å². The smallest absolute Gasteiger partial charge is 0.115 e. The Balaban J connectivity index is -0.00000110. The van der Waals surface area contributed by atoms with Crippen molar-refractivity contribution in [3.05, 3.63) is 59.7 Å². The molecule has 2 N–H and O–H groups in total. The molecule has 0 aliphatic heterocycles. The molecular weight excluding hydrogens is 340 g/mol. The average molecular weight is 360 g/mol. The van der Waals surface area contributed by atoms with E-state index in [-0.39, 0.29) is 130 Å². The Bertz CT molecular complexity index is 552. The Morgan fingerprint density at radius 3 is 1.04 bits per heavy atom. The van der Waals surface area contributed by atoms with Crippen LogP contribution >= 0.6 is 0 Å². The van der Waals surface area contributed by atoms with Crippen molar-refractivity contribution < 1.29 is 10.2 Å². The van der Waals surface area contributed by atoms with E-state index in [0.717, 1.165) is 24.0 Å². The zero-order chi connectivity index (χ0) is 14.5. The number of benzene rings is 2. The van der Waals surface area contributed by atoms with Crippen molar-refractivity contribution in [3.63, 3.8) is 0 Å². The van der Waals surface area contributed by atoms with Crippen LogP contribution in [0, 0.1) is 0 Å². The van der Waals surface area contributed by atoms with Gasteiger partial charge in [0.1, 0.15) is 11.5 Å². The average Bonchev–Trinajstić information content (AvgIpc) is 2.47. The normalized spacial score (nSPS) is 10.1. The maximum Gasteiger partial charge on any atom is 0.115 e. The summed E-state index contributed by atoms with van der Waals surface area (Å²) < 4.78 is 0. The number of phenols is 2. The van der Waals surface area contributed by atoms with Gasteiger partial charge in [-0.05, 0) is 59.4 Å². The third kappa shape index (κ3) is 8.65. The van der Waals surface area contributed by atoms with Crippen LogP contribution < -0.4 is 0 Å². The molecule has 2 nitrogen and oxygen atoms in total. The fraction of sp³-hybridized carbons (Fsp3) is 0.222. The second-order valence-electron chi connectivity index (χ2n) is 4.76. The largest absolute Gasteiger partial charge is 0.508 e. The van der Waals surface area contributed by atoms with Crippen LogP contribution in [0.1, 0.15) is 37.8 Å². The van der Waals surface area contributed by atoms with Gasteiger partial charge in [-0.2, -0.15) is 0 Å². The molecule has 0 heterocycles. The van der Waals surface area contributed by atoms with Crippen LogP contribution in [0.3, 0.4) is 0 Å². The maximum absolute atomic E-state index is 9.41. The van der Waals surface area contributed by atoms with Crippen molar-refractivity contribution in [1.82, 2.24) is 0 Å². The topological polar surface area (TPSA) is 40.5 Å². The van der Waals surface area contributed by atoms with E-state index in [9.17, 15) is 10.2 Å². The zero-order valence-corrected chi connectivity index (χ0v) is 23.9. The molecule has 0 amide bonds. The van der Waals surface area contributed by atoms with E-state index in [4.69, 9.17) is 0 Å². The Hall–Kier alpha value is 1.78. The summed E-state index contributed by atoms with van der Waals surface area (Å²) in [5.41, 5.74) is 4.82. The molecule has 2 aromatic rings. The minimum Gasteiger partial charge on any atom is -0.508 e. The van der Waals surface area contributed by atoms with Crippen molar-refractivity contribution >= 4 is 129 Å². The monoisotopic (exact) mass is 360 g/mol. The predicted octanol–water partition coefficient (Wildman–Crippen LogP) is 3.31. The molecule has 0 aromatic heterocycles. The number of allylic oxidation sites excluding steroid dienone is 2. The van der Waals surface area contributed by atoms with E-state index in [1.807, 2.05) is 24.3 Å². The molecule has 0 fully saturated rings. The van der Waals surface area contributed by atoms with Gasteiger partial charge in [0.2, 0.25) is 0 Å². The molecule has 24 heavy (non-hydrogen) atoms. The summed E-state index contributed by atoms with van der Waals surface area (Å²) in [6, 6.07) is 14.7. The minimum absolute atomic E-state index is 0. The fourth-order valence-electron chi connectivity index (χ4n) is 2.51. The first-order valence-corrected chi connectivity index (χ1v) is 6.96. The molecule has 108 valence electrons. The van der Waals surface area contributed by atoms with Gasteiger partial charge in [0, 0.05) is 118 Å². The fourth-order valence-corrected chi connectivity index (χ4v) is 2.51. The van der Waals surface area contributed by atoms with Crippen LogP contribution in [-0.4, -0.2) is 128 Å². The van der Waals surface area contributed by atoms with Gasteiger partial charge in [-0.25, -0.2) is 0 Å². The van der Waals surface area contributed by atoms with Gasteiger partial charge in [-0.15, -0.1) is 0 Å². The molecule has 2 rings (SSSR count). The summed E-state index contributed by atoms with van der Waals surface area (Å²) in [4.78, 5) is 0. The van der Waals surface area contributed by atoms with E-state index in [0.29, 0.717) is 0 Å². The third-order valence-electron chi connectivity index (χ3n) is 3.50. The zero-order valence-electron chi connectivity index (χ0n) is 15.9. The molecule has 2 aromatic carbocycles. The molecule has 4 radical (unpaired) electrons. The van der Waals surface area contributed by atoms with Crippen molar-refractivity contribution in [1.29, 1.82) is 0 Å². The Labute approximate surface area is 233 Å². The number of aromatic hydroxyl groups is 2. The summed E-state index contributed by atoms with van der Waals surface area (Å²) in [6.45, 7) is 4.27. The SMILES string of the molecule is CC/C(=C(/CC)c1ccc(O)cc1)c1ccc(O)cc1.[Na].[Na].[Na].[Na]. The molecule has 0 atom stereocenters. The predicted molar refractivity (Wildman–Crippen MR) is 107 cm³/mol. The van der Waals surface area contributed by atoms with Gasteiger partial charge in [0.05, 0.1) is 0 Å². The molecule has 6 heteroatoms. The van der Waals surface area contributed by atoms with E-state index in [1.165, 1.54) is 11.1 Å². The van der Waals surface area contributed by atoms with Crippen LogP contribution in [-0.2, 0) is 0 Å². The third-order valence-corrected chi connectivity index (χ3v) is 3.50. The van der Waals surface area contributed by atoms with Gasteiger partial charge >= 0.3 is 0 Å². The Morgan fingerprint density at radius 2 is 0.833 bits per heavy atom. The first-order valence-electron chi connectivity index (χ1n) is 6.96. The van der Waals surface area contributed by atoms with Crippen LogP contribution in [0.4, 0.5) is 0 Å². The summed E-state index contributed by atoms with van der Waals surface area (Å²) in [7, 11) is 0. The van der Waals surface area contributed by atoms with Crippen LogP contribution in [0.5, 0.6) is 11.5 Å². The molecule has 0 spiro atoms. The quantitative estimate of drug-likeness (QED) is 0.649. The molecule has 0 unspecified atom stereocenters. The van der Waals surface area contributed by atoms with Crippen molar-refractivity contribution in [3.8, 4) is 11.5 Å². The summed E-state index contributed by atoms with van der Waals surface area (Å²) >= 11 is 0. The van der Waals surface area contributed by atoms with Gasteiger partial charge < -0.3 is 10.2 Å². The first kappa shape index (κ1) is 30.5. The molecule has 0 saturated carbocycles. The molecule has 0 aliphatic carbocycles. The minimum atomic E-state index is 0. The number of hydrogen-bond acceptors (Lipinski definition) is 2. The van der Waals surface area contributed by atoms with E-state index < -0.39 is 0 Å². The molecule has 0 aliphatic rings. The van der Waals surface area contributed by atoms with E-state index in [2.05, 4.69) is 13.8 Å². The summed E-state index contributed by atoms with van der Waals surface area (Å²) in [5, 5.41) is 18.8. The molecule has 0 bridgehead atoms. The Kier molecular flexibility index (Phi) is 20.1. The second-order valence-corrected chi connectivity index (χ2v) is 4.76.